The minimum absolute atomic E-state index is 0.0105. The van der Waals surface area contributed by atoms with Crippen molar-refractivity contribution >= 4 is 28.9 Å². The summed E-state index contributed by atoms with van der Waals surface area (Å²) in [6.07, 6.45) is 0.125. The molecule has 1 saturated heterocycles. The van der Waals surface area contributed by atoms with Crippen molar-refractivity contribution < 1.29 is 19.5 Å². The summed E-state index contributed by atoms with van der Waals surface area (Å²) in [6.45, 7) is 2.72. The Bertz CT molecular complexity index is 321. The second-order valence-corrected chi connectivity index (χ2v) is 4.96. The molecule has 1 fully saturated rings. The van der Waals surface area contributed by atoms with E-state index in [-0.39, 0.29) is 30.0 Å². The molecule has 96 valence electrons. The summed E-state index contributed by atoms with van der Waals surface area (Å²) in [5, 5.41) is 11.1. The maximum absolute atomic E-state index is 11.4. The van der Waals surface area contributed by atoms with E-state index in [1.165, 1.54) is 11.8 Å². The number of hydrogen-bond acceptors (Lipinski definition) is 4. The number of nitrogens with one attached hydrogen (secondary N) is 1. The number of carboxylic acid groups (broad SMARTS) is 1. The third-order valence-electron chi connectivity index (χ3n) is 2.34. The molecule has 0 spiro atoms. The molecule has 2 amide bonds. The molecule has 1 aliphatic heterocycles. The lowest BCUT2D eigenvalue weighted by molar-refractivity contribution is -0.137. The molecule has 0 saturated carbocycles. The first-order chi connectivity index (χ1) is 7.99. The molecule has 1 aliphatic rings. The fourth-order valence-electron chi connectivity index (χ4n) is 1.53. The lowest BCUT2D eigenvalue weighted by Crippen LogP contribution is -2.36. The van der Waals surface area contributed by atoms with E-state index in [1.807, 2.05) is 0 Å². The van der Waals surface area contributed by atoms with Crippen molar-refractivity contribution in [3.63, 3.8) is 0 Å². The molecule has 1 rings (SSSR count). The molecule has 7 heteroatoms. The molecule has 0 aromatic carbocycles. The van der Waals surface area contributed by atoms with E-state index < -0.39 is 5.97 Å². The molecule has 1 atom stereocenters. The zero-order chi connectivity index (χ0) is 12.8. The first-order valence-electron chi connectivity index (χ1n) is 5.42. The van der Waals surface area contributed by atoms with Crippen molar-refractivity contribution in [2.45, 2.75) is 25.8 Å². The second kappa shape index (κ2) is 6.48. The molecule has 1 heterocycles. The smallest absolute Gasteiger partial charge is 0.305 e. The van der Waals surface area contributed by atoms with Gasteiger partial charge in [-0.3, -0.25) is 14.4 Å². The second-order valence-electron chi connectivity index (χ2n) is 3.92. The van der Waals surface area contributed by atoms with Crippen molar-refractivity contribution in [1.82, 2.24) is 10.2 Å². The van der Waals surface area contributed by atoms with Crippen LogP contribution < -0.4 is 5.32 Å². The van der Waals surface area contributed by atoms with Gasteiger partial charge in [0.2, 0.25) is 5.91 Å². The molecule has 0 aromatic rings. The number of carbonyl (C=O) groups excluding carboxylic acids is 2. The van der Waals surface area contributed by atoms with Gasteiger partial charge in [0.15, 0.2) is 0 Å². The number of nitrogens with zero attached hydrogens (tertiary/aromatic N) is 1. The van der Waals surface area contributed by atoms with Gasteiger partial charge < -0.3 is 15.3 Å². The molecular formula is C10H16N2O4S. The zero-order valence-corrected chi connectivity index (χ0v) is 10.5. The Morgan fingerprint density at radius 1 is 1.59 bits per heavy atom. The Morgan fingerprint density at radius 2 is 2.29 bits per heavy atom. The first-order valence-corrected chi connectivity index (χ1v) is 6.40. The van der Waals surface area contributed by atoms with E-state index in [1.54, 1.807) is 11.8 Å². The SMILES string of the molecule is C[C@H](CC(=O)O)NC(=O)CCN1CCSC1=O. The van der Waals surface area contributed by atoms with Gasteiger partial charge >= 0.3 is 5.97 Å². The molecular weight excluding hydrogens is 244 g/mol. The highest BCUT2D eigenvalue weighted by Gasteiger charge is 2.21. The molecule has 0 unspecified atom stereocenters. The number of hydrogen-bond donors (Lipinski definition) is 2. The Kier molecular flexibility index (Phi) is 5.27. The average molecular weight is 260 g/mol. The highest BCUT2D eigenvalue weighted by molar-refractivity contribution is 8.13. The van der Waals surface area contributed by atoms with Crippen molar-refractivity contribution in [2.75, 3.05) is 18.8 Å². The van der Waals surface area contributed by atoms with Gasteiger partial charge in [0.05, 0.1) is 6.42 Å². The minimum atomic E-state index is -0.941. The molecule has 6 nitrogen and oxygen atoms in total. The van der Waals surface area contributed by atoms with Gasteiger partial charge in [-0.2, -0.15) is 0 Å². The van der Waals surface area contributed by atoms with Crippen LogP contribution in [-0.4, -0.2) is 52.0 Å². The van der Waals surface area contributed by atoms with E-state index in [0.717, 1.165) is 5.75 Å². The fourth-order valence-corrected chi connectivity index (χ4v) is 2.38. The number of aliphatic carboxylic acids is 1. The number of carboxylic acids is 1. The molecule has 2 N–H and O–H groups in total. The number of thioether (sulfide) groups is 1. The van der Waals surface area contributed by atoms with Crippen LogP contribution >= 0.6 is 11.8 Å². The van der Waals surface area contributed by atoms with Gasteiger partial charge in [0.1, 0.15) is 0 Å². The van der Waals surface area contributed by atoms with Crippen LogP contribution in [0.15, 0.2) is 0 Å². The van der Waals surface area contributed by atoms with Crippen LogP contribution in [0.2, 0.25) is 0 Å². The topological polar surface area (TPSA) is 86.7 Å². The van der Waals surface area contributed by atoms with Crippen molar-refractivity contribution in [3.8, 4) is 0 Å². The summed E-state index contributed by atoms with van der Waals surface area (Å²) >= 11 is 1.26. The predicted molar refractivity (Wildman–Crippen MR) is 63.9 cm³/mol. The molecule has 0 aromatic heterocycles. The average Bonchev–Trinajstić information content (AvgIpc) is 2.59. The summed E-state index contributed by atoms with van der Waals surface area (Å²) in [4.78, 5) is 34.7. The normalized spacial score (nSPS) is 17.0. The lowest BCUT2D eigenvalue weighted by Gasteiger charge is -2.15. The maximum Gasteiger partial charge on any atom is 0.305 e. The number of rotatable bonds is 6. The van der Waals surface area contributed by atoms with Crippen LogP contribution in [0.4, 0.5) is 4.79 Å². The van der Waals surface area contributed by atoms with E-state index in [0.29, 0.717) is 13.1 Å². The molecule has 0 aliphatic carbocycles. The number of amides is 2. The van der Waals surface area contributed by atoms with Gasteiger partial charge in [-0.15, -0.1) is 0 Å². The number of carbonyl (C=O) groups is 3. The third-order valence-corrected chi connectivity index (χ3v) is 3.23. The van der Waals surface area contributed by atoms with Crippen LogP contribution in [0.25, 0.3) is 0 Å². The Balaban J connectivity index is 2.20. The predicted octanol–water partition coefficient (Wildman–Crippen LogP) is 0.525. The van der Waals surface area contributed by atoms with Crippen LogP contribution in [0.5, 0.6) is 0 Å². The molecule has 0 radical (unpaired) electrons. The highest BCUT2D eigenvalue weighted by Crippen LogP contribution is 2.16. The van der Waals surface area contributed by atoms with Crippen molar-refractivity contribution in [2.24, 2.45) is 0 Å². The summed E-state index contributed by atoms with van der Waals surface area (Å²) in [7, 11) is 0. The van der Waals surface area contributed by atoms with Crippen molar-refractivity contribution in [1.29, 1.82) is 0 Å². The van der Waals surface area contributed by atoms with Gasteiger partial charge in [0, 0.05) is 31.3 Å². The Hall–Kier alpha value is -1.24. The summed E-state index contributed by atoms with van der Waals surface area (Å²) in [5.41, 5.74) is 0. The largest absolute Gasteiger partial charge is 0.481 e. The Morgan fingerprint density at radius 3 is 2.82 bits per heavy atom. The molecule has 0 bridgehead atoms. The van der Waals surface area contributed by atoms with Crippen LogP contribution in [0.1, 0.15) is 19.8 Å². The van der Waals surface area contributed by atoms with Crippen LogP contribution in [-0.2, 0) is 9.59 Å². The fraction of sp³-hybridized carbons (Fsp3) is 0.700. The van der Waals surface area contributed by atoms with Gasteiger partial charge in [-0.05, 0) is 6.92 Å². The molecule has 17 heavy (non-hydrogen) atoms. The van der Waals surface area contributed by atoms with E-state index in [2.05, 4.69) is 5.32 Å². The first kappa shape index (κ1) is 13.8. The third kappa shape index (κ3) is 5.08. The quantitative estimate of drug-likeness (QED) is 0.727. The Labute approximate surface area is 104 Å². The van der Waals surface area contributed by atoms with E-state index in [4.69, 9.17) is 5.11 Å². The van der Waals surface area contributed by atoms with Crippen LogP contribution in [0, 0.1) is 0 Å². The maximum atomic E-state index is 11.4. The van der Waals surface area contributed by atoms with Crippen molar-refractivity contribution in [3.05, 3.63) is 0 Å². The standard InChI is InChI=1S/C10H16N2O4S/c1-7(6-9(14)15)11-8(13)2-3-12-4-5-17-10(12)16/h7H,2-6H2,1H3,(H,11,13)(H,14,15)/t7-/m1/s1. The zero-order valence-electron chi connectivity index (χ0n) is 9.64. The lowest BCUT2D eigenvalue weighted by atomic mass is 10.2. The summed E-state index contributed by atoms with van der Waals surface area (Å²) < 4.78 is 0. The summed E-state index contributed by atoms with van der Waals surface area (Å²) in [6, 6.07) is -0.386. The van der Waals surface area contributed by atoms with Gasteiger partial charge in [-0.25, -0.2) is 0 Å². The highest BCUT2D eigenvalue weighted by atomic mass is 32.2. The van der Waals surface area contributed by atoms with Gasteiger partial charge in [-0.1, -0.05) is 11.8 Å². The summed E-state index contributed by atoms with van der Waals surface area (Å²) in [5.74, 6) is -0.386. The van der Waals surface area contributed by atoms with Crippen LogP contribution in [0.3, 0.4) is 0 Å². The van der Waals surface area contributed by atoms with E-state index in [9.17, 15) is 14.4 Å². The van der Waals surface area contributed by atoms with Gasteiger partial charge in [0.25, 0.3) is 5.24 Å². The van der Waals surface area contributed by atoms with E-state index >= 15 is 0 Å². The minimum Gasteiger partial charge on any atom is -0.481 e. The monoisotopic (exact) mass is 260 g/mol.